The van der Waals surface area contributed by atoms with Crippen molar-refractivity contribution in [1.82, 2.24) is 10.2 Å². The molecule has 0 atom stereocenters. The quantitative estimate of drug-likeness (QED) is 0.147. The molecule has 4 rings (SSSR count). The second-order valence-corrected chi connectivity index (χ2v) is 8.98. The molecule has 1 aromatic heterocycles. The van der Waals surface area contributed by atoms with Gasteiger partial charge in [-0.15, -0.1) is 10.2 Å². The molecule has 0 aliphatic rings. The average molecular weight is 527 g/mol. The SMILES string of the molecule is CCOc1cc(C=C(C#N)C(=O)Nc2nnc(-c3ccccc3C)s2)ccc1OCCOc1ccccc1. The highest BCUT2D eigenvalue weighted by atomic mass is 32.1. The molecule has 0 spiro atoms. The molecule has 38 heavy (non-hydrogen) atoms. The molecular formula is C29H26N4O4S. The number of ether oxygens (including phenoxy) is 3. The Hall–Kier alpha value is -4.68. The molecule has 0 radical (unpaired) electrons. The lowest BCUT2D eigenvalue weighted by atomic mass is 10.1. The summed E-state index contributed by atoms with van der Waals surface area (Å²) >= 11 is 1.24. The van der Waals surface area contributed by atoms with E-state index >= 15 is 0 Å². The monoisotopic (exact) mass is 526 g/mol. The molecule has 192 valence electrons. The number of aryl methyl sites for hydroxylation is 1. The van der Waals surface area contributed by atoms with Crippen LogP contribution in [0.1, 0.15) is 18.1 Å². The molecular weight excluding hydrogens is 500 g/mol. The van der Waals surface area contributed by atoms with Crippen molar-refractivity contribution >= 4 is 28.5 Å². The number of nitrogens with one attached hydrogen (secondary N) is 1. The third-order valence-electron chi connectivity index (χ3n) is 5.32. The lowest BCUT2D eigenvalue weighted by molar-refractivity contribution is -0.112. The predicted octanol–water partition coefficient (Wildman–Crippen LogP) is 5.92. The standard InChI is InChI=1S/C29H26N4O4S/c1-3-35-26-18-21(13-14-25(26)37-16-15-36-23-10-5-4-6-11-23)17-22(19-30)27(34)31-29-33-32-28(38-29)24-12-8-7-9-20(24)2/h4-14,17-18H,3,15-16H2,1-2H3,(H,31,33,34). The molecule has 0 unspecified atom stereocenters. The first-order valence-electron chi connectivity index (χ1n) is 12.0. The molecule has 0 fully saturated rings. The van der Waals surface area contributed by atoms with Gasteiger partial charge in [-0.2, -0.15) is 5.26 Å². The number of hydrogen-bond donors (Lipinski definition) is 1. The molecule has 0 aliphatic heterocycles. The van der Waals surface area contributed by atoms with E-state index in [4.69, 9.17) is 14.2 Å². The first kappa shape index (κ1) is 26.4. The fourth-order valence-corrected chi connectivity index (χ4v) is 4.33. The highest BCUT2D eigenvalue weighted by molar-refractivity contribution is 7.18. The predicted molar refractivity (Wildman–Crippen MR) is 147 cm³/mol. The number of hydrogen-bond acceptors (Lipinski definition) is 8. The normalized spacial score (nSPS) is 10.9. The van der Waals surface area contributed by atoms with Crippen LogP contribution in [-0.2, 0) is 4.79 Å². The van der Waals surface area contributed by atoms with Gasteiger partial charge >= 0.3 is 0 Å². The Morgan fingerprint density at radius 1 is 0.974 bits per heavy atom. The van der Waals surface area contributed by atoms with Crippen LogP contribution < -0.4 is 19.5 Å². The zero-order valence-corrected chi connectivity index (χ0v) is 21.8. The fourth-order valence-electron chi connectivity index (χ4n) is 3.51. The van der Waals surface area contributed by atoms with Gasteiger partial charge in [0.2, 0.25) is 5.13 Å². The number of anilines is 1. The minimum atomic E-state index is -0.573. The zero-order valence-electron chi connectivity index (χ0n) is 21.0. The molecule has 0 saturated heterocycles. The molecule has 1 N–H and O–H groups in total. The van der Waals surface area contributed by atoms with Crippen LogP contribution in [0.25, 0.3) is 16.6 Å². The van der Waals surface area contributed by atoms with Crippen molar-refractivity contribution in [3.63, 3.8) is 0 Å². The van der Waals surface area contributed by atoms with Crippen molar-refractivity contribution in [2.45, 2.75) is 13.8 Å². The molecule has 0 aliphatic carbocycles. The number of amides is 1. The number of para-hydroxylation sites is 1. The number of nitriles is 1. The van der Waals surface area contributed by atoms with Gasteiger partial charge in [0.25, 0.3) is 5.91 Å². The summed E-state index contributed by atoms with van der Waals surface area (Å²) in [5, 5.41) is 21.5. The van der Waals surface area contributed by atoms with Crippen molar-refractivity contribution in [3.8, 4) is 33.9 Å². The van der Waals surface area contributed by atoms with Crippen LogP contribution in [0, 0.1) is 18.3 Å². The number of benzene rings is 3. The van der Waals surface area contributed by atoms with Gasteiger partial charge in [-0.05, 0) is 55.3 Å². The number of rotatable bonds is 11. The summed E-state index contributed by atoms with van der Waals surface area (Å²) < 4.78 is 17.2. The number of carbonyl (C=O) groups is 1. The Morgan fingerprint density at radius 2 is 1.74 bits per heavy atom. The highest BCUT2D eigenvalue weighted by Gasteiger charge is 2.15. The van der Waals surface area contributed by atoms with E-state index in [1.165, 1.54) is 17.4 Å². The summed E-state index contributed by atoms with van der Waals surface area (Å²) in [5.74, 6) is 1.24. The Labute approximate surface area is 225 Å². The minimum absolute atomic E-state index is 0.0787. The lowest BCUT2D eigenvalue weighted by Gasteiger charge is -2.13. The summed E-state index contributed by atoms with van der Waals surface area (Å²) in [4.78, 5) is 12.8. The molecule has 4 aromatic rings. The van der Waals surface area contributed by atoms with Crippen molar-refractivity contribution in [3.05, 3.63) is 89.5 Å². The summed E-state index contributed by atoms with van der Waals surface area (Å²) in [5.41, 5.74) is 2.54. The Bertz CT molecular complexity index is 1460. The van der Waals surface area contributed by atoms with Gasteiger partial charge < -0.3 is 14.2 Å². The van der Waals surface area contributed by atoms with Crippen LogP contribution in [-0.4, -0.2) is 35.9 Å². The van der Waals surface area contributed by atoms with Gasteiger partial charge in [0.1, 0.15) is 35.6 Å². The number of carbonyl (C=O) groups excluding carboxylic acids is 1. The van der Waals surface area contributed by atoms with Gasteiger partial charge in [-0.1, -0.05) is 59.9 Å². The second-order valence-electron chi connectivity index (χ2n) is 8.00. The average Bonchev–Trinajstić information content (AvgIpc) is 3.39. The van der Waals surface area contributed by atoms with Crippen LogP contribution in [0.15, 0.2) is 78.4 Å². The first-order valence-corrected chi connectivity index (χ1v) is 12.8. The van der Waals surface area contributed by atoms with Gasteiger partial charge in [-0.3, -0.25) is 10.1 Å². The van der Waals surface area contributed by atoms with Gasteiger partial charge in [0.15, 0.2) is 11.5 Å². The maximum absolute atomic E-state index is 12.8. The topological polar surface area (TPSA) is 106 Å². The van der Waals surface area contributed by atoms with E-state index in [1.807, 2.05) is 74.5 Å². The van der Waals surface area contributed by atoms with E-state index in [2.05, 4.69) is 15.5 Å². The Morgan fingerprint density at radius 3 is 2.50 bits per heavy atom. The molecule has 3 aromatic carbocycles. The van der Waals surface area contributed by atoms with E-state index in [-0.39, 0.29) is 5.57 Å². The first-order chi connectivity index (χ1) is 18.6. The van der Waals surface area contributed by atoms with E-state index in [9.17, 15) is 10.1 Å². The zero-order chi connectivity index (χ0) is 26.7. The Balaban J connectivity index is 1.42. The maximum atomic E-state index is 12.8. The van der Waals surface area contributed by atoms with Crippen molar-refractivity contribution in [2.75, 3.05) is 25.1 Å². The van der Waals surface area contributed by atoms with Gasteiger partial charge in [0.05, 0.1) is 6.61 Å². The van der Waals surface area contributed by atoms with Crippen molar-refractivity contribution < 1.29 is 19.0 Å². The third-order valence-corrected chi connectivity index (χ3v) is 6.19. The summed E-state index contributed by atoms with van der Waals surface area (Å²) in [7, 11) is 0. The highest BCUT2D eigenvalue weighted by Crippen LogP contribution is 2.31. The van der Waals surface area contributed by atoms with Crippen molar-refractivity contribution in [1.29, 1.82) is 5.26 Å². The Kier molecular flexibility index (Phi) is 9.05. The summed E-state index contributed by atoms with van der Waals surface area (Å²) in [6, 6.07) is 24.5. The van der Waals surface area contributed by atoms with Crippen LogP contribution >= 0.6 is 11.3 Å². The van der Waals surface area contributed by atoms with Gasteiger partial charge in [0, 0.05) is 5.56 Å². The summed E-state index contributed by atoms with van der Waals surface area (Å²) in [6.45, 7) is 4.97. The van der Waals surface area contributed by atoms with Crippen LogP contribution in [0.4, 0.5) is 5.13 Å². The molecule has 1 heterocycles. The molecule has 1 amide bonds. The smallest absolute Gasteiger partial charge is 0.268 e. The summed E-state index contributed by atoms with van der Waals surface area (Å²) in [6.07, 6.45) is 1.49. The molecule has 0 bridgehead atoms. The molecule has 8 nitrogen and oxygen atoms in total. The van der Waals surface area contributed by atoms with Crippen molar-refractivity contribution in [2.24, 2.45) is 0 Å². The molecule has 9 heteroatoms. The van der Waals surface area contributed by atoms with E-state index in [0.29, 0.717) is 47.0 Å². The van der Waals surface area contributed by atoms with E-state index in [1.54, 1.807) is 18.2 Å². The maximum Gasteiger partial charge on any atom is 0.268 e. The van der Waals surface area contributed by atoms with Crippen LogP contribution in [0.3, 0.4) is 0 Å². The number of nitrogens with zero attached hydrogens (tertiary/aromatic N) is 3. The van der Waals surface area contributed by atoms with E-state index in [0.717, 1.165) is 16.9 Å². The second kappa shape index (κ2) is 13.0. The van der Waals surface area contributed by atoms with Gasteiger partial charge in [-0.25, -0.2) is 0 Å². The molecule has 0 saturated carbocycles. The minimum Gasteiger partial charge on any atom is -0.490 e. The largest absolute Gasteiger partial charge is 0.490 e. The van der Waals surface area contributed by atoms with Crippen LogP contribution in [0.5, 0.6) is 17.2 Å². The number of aromatic nitrogens is 2. The van der Waals surface area contributed by atoms with Crippen LogP contribution in [0.2, 0.25) is 0 Å². The van der Waals surface area contributed by atoms with E-state index < -0.39 is 5.91 Å². The third kappa shape index (κ3) is 6.96. The lowest BCUT2D eigenvalue weighted by Crippen LogP contribution is -2.13. The fraction of sp³-hybridized carbons (Fsp3) is 0.172.